The normalized spacial score (nSPS) is 17.4. The van der Waals surface area contributed by atoms with Gasteiger partial charge in [-0.15, -0.1) is 0 Å². The fourth-order valence-corrected chi connectivity index (χ4v) is 3.91. The Hall–Kier alpha value is -1.47. The van der Waals surface area contributed by atoms with Gasteiger partial charge in [0.25, 0.3) is 10.0 Å². The monoisotopic (exact) mass is 401 g/mol. The van der Waals surface area contributed by atoms with E-state index in [2.05, 4.69) is 4.72 Å². The Morgan fingerprint density at radius 3 is 2.72 bits per heavy atom. The van der Waals surface area contributed by atoms with Gasteiger partial charge in [0.15, 0.2) is 0 Å². The lowest BCUT2D eigenvalue weighted by Crippen LogP contribution is -2.16. The molecule has 134 valence electrons. The van der Waals surface area contributed by atoms with Crippen LogP contribution >= 0.6 is 23.2 Å². The minimum Gasteiger partial charge on any atom is -0.491 e. The number of anilines is 1. The molecule has 2 aromatic rings. The molecule has 1 aliphatic rings. The molecule has 1 fully saturated rings. The van der Waals surface area contributed by atoms with E-state index in [0.29, 0.717) is 23.1 Å². The molecule has 0 amide bonds. The van der Waals surface area contributed by atoms with E-state index >= 15 is 0 Å². The van der Waals surface area contributed by atoms with Gasteiger partial charge in [-0.1, -0.05) is 29.3 Å². The lowest BCUT2D eigenvalue weighted by atomic mass is 10.2. The zero-order chi connectivity index (χ0) is 17.9. The molecule has 5 nitrogen and oxygen atoms in total. The molecule has 1 unspecified atom stereocenters. The van der Waals surface area contributed by atoms with Crippen LogP contribution in [0.25, 0.3) is 0 Å². The highest BCUT2D eigenvalue weighted by Gasteiger charge is 2.17. The van der Waals surface area contributed by atoms with Gasteiger partial charge in [0.05, 0.1) is 26.7 Å². The number of rotatable bonds is 6. The molecule has 1 atom stereocenters. The van der Waals surface area contributed by atoms with Crippen molar-refractivity contribution >= 4 is 38.9 Å². The highest BCUT2D eigenvalue weighted by Crippen LogP contribution is 2.27. The van der Waals surface area contributed by atoms with Crippen LogP contribution in [0.1, 0.15) is 12.8 Å². The zero-order valence-corrected chi connectivity index (χ0v) is 15.6. The predicted octanol–water partition coefficient (Wildman–Crippen LogP) is 4.35. The number of benzene rings is 2. The standard InChI is InChI=1S/C17H17Cl2NO4S/c18-16-7-6-15(10-17(16)19)25(21,22)20-12-3-1-4-13(9-12)24-11-14-5-2-8-23-14/h1,3-4,6-7,9-10,14,20H,2,5,8,11H2. The molecule has 0 spiro atoms. The Morgan fingerprint density at radius 2 is 2.00 bits per heavy atom. The molecular formula is C17H17Cl2NO4S. The first-order valence-electron chi connectivity index (χ1n) is 7.76. The topological polar surface area (TPSA) is 64.6 Å². The molecule has 0 aromatic heterocycles. The van der Waals surface area contributed by atoms with Crippen molar-refractivity contribution in [2.24, 2.45) is 0 Å². The second kappa shape index (κ2) is 7.83. The second-order valence-corrected chi connectivity index (χ2v) is 8.15. The summed E-state index contributed by atoms with van der Waals surface area (Å²) in [5.74, 6) is 0.574. The first kappa shape index (κ1) is 18.3. The van der Waals surface area contributed by atoms with E-state index in [4.69, 9.17) is 32.7 Å². The van der Waals surface area contributed by atoms with E-state index in [-0.39, 0.29) is 16.0 Å². The summed E-state index contributed by atoms with van der Waals surface area (Å²) in [5, 5.41) is 0.475. The molecule has 2 aromatic carbocycles. The van der Waals surface area contributed by atoms with Gasteiger partial charge >= 0.3 is 0 Å². The van der Waals surface area contributed by atoms with Crippen molar-refractivity contribution < 1.29 is 17.9 Å². The van der Waals surface area contributed by atoms with Crippen molar-refractivity contribution in [3.8, 4) is 5.75 Å². The molecule has 1 N–H and O–H groups in total. The van der Waals surface area contributed by atoms with Crippen LogP contribution in [0.2, 0.25) is 10.0 Å². The molecule has 1 aliphatic heterocycles. The van der Waals surface area contributed by atoms with Crippen LogP contribution < -0.4 is 9.46 Å². The molecule has 25 heavy (non-hydrogen) atoms. The van der Waals surface area contributed by atoms with E-state index in [9.17, 15) is 8.42 Å². The van der Waals surface area contributed by atoms with Crippen LogP contribution in [-0.4, -0.2) is 27.7 Å². The van der Waals surface area contributed by atoms with Gasteiger partial charge in [0.1, 0.15) is 12.4 Å². The lowest BCUT2D eigenvalue weighted by Gasteiger charge is -2.13. The summed E-state index contributed by atoms with van der Waals surface area (Å²) >= 11 is 11.7. The average Bonchev–Trinajstić information content (AvgIpc) is 3.09. The van der Waals surface area contributed by atoms with Gasteiger partial charge in [0.2, 0.25) is 0 Å². The van der Waals surface area contributed by atoms with Crippen molar-refractivity contribution in [3.63, 3.8) is 0 Å². The molecule has 0 saturated carbocycles. The van der Waals surface area contributed by atoms with E-state index in [1.54, 1.807) is 24.3 Å². The van der Waals surface area contributed by atoms with Gasteiger partial charge in [-0.3, -0.25) is 4.72 Å². The Balaban J connectivity index is 1.70. The summed E-state index contributed by atoms with van der Waals surface area (Å²) in [5.41, 5.74) is 0.399. The number of hydrogen-bond acceptors (Lipinski definition) is 4. The van der Waals surface area contributed by atoms with Crippen molar-refractivity contribution in [1.82, 2.24) is 0 Å². The maximum absolute atomic E-state index is 12.5. The van der Waals surface area contributed by atoms with Gasteiger partial charge in [0, 0.05) is 12.7 Å². The summed E-state index contributed by atoms with van der Waals surface area (Å²) in [6.45, 7) is 1.21. The van der Waals surface area contributed by atoms with E-state index < -0.39 is 10.0 Å². The van der Waals surface area contributed by atoms with E-state index in [0.717, 1.165) is 19.4 Å². The third kappa shape index (κ3) is 4.79. The third-order valence-corrected chi connectivity index (χ3v) is 5.87. The molecule has 8 heteroatoms. The van der Waals surface area contributed by atoms with Crippen LogP contribution in [0.3, 0.4) is 0 Å². The SMILES string of the molecule is O=S(=O)(Nc1cccc(OCC2CCCO2)c1)c1ccc(Cl)c(Cl)c1. The summed E-state index contributed by atoms with van der Waals surface area (Å²) < 4.78 is 38.6. The van der Waals surface area contributed by atoms with Gasteiger partial charge < -0.3 is 9.47 Å². The number of hydrogen-bond donors (Lipinski definition) is 1. The Morgan fingerprint density at radius 1 is 1.16 bits per heavy atom. The van der Waals surface area contributed by atoms with Crippen molar-refractivity contribution in [3.05, 3.63) is 52.5 Å². The van der Waals surface area contributed by atoms with E-state index in [1.165, 1.54) is 18.2 Å². The number of ether oxygens (including phenoxy) is 2. The smallest absolute Gasteiger partial charge is 0.261 e. The quantitative estimate of drug-likeness (QED) is 0.780. The molecule has 1 saturated heterocycles. The van der Waals surface area contributed by atoms with Crippen LogP contribution in [-0.2, 0) is 14.8 Å². The molecule has 1 heterocycles. The van der Waals surface area contributed by atoms with Crippen LogP contribution in [0.15, 0.2) is 47.4 Å². The minimum absolute atomic E-state index is 0.0348. The zero-order valence-electron chi connectivity index (χ0n) is 13.2. The van der Waals surface area contributed by atoms with E-state index in [1.807, 2.05) is 0 Å². The van der Waals surface area contributed by atoms with Gasteiger partial charge in [-0.2, -0.15) is 0 Å². The molecule has 3 rings (SSSR count). The molecular weight excluding hydrogens is 385 g/mol. The third-order valence-electron chi connectivity index (χ3n) is 3.75. The first-order valence-corrected chi connectivity index (χ1v) is 10.0. The van der Waals surface area contributed by atoms with Gasteiger partial charge in [-0.25, -0.2) is 8.42 Å². The number of sulfonamides is 1. The Kier molecular flexibility index (Phi) is 5.74. The van der Waals surface area contributed by atoms with Crippen LogP contribution in [0.4, 0.5) is 5.69 Å². The predicted molar refractivity (Wildman–Crippen MR) is 98.2 cm³/mol. The number of nitrogens with one attached hydrogen (secondary N) is 1. The fraction of sp³-hybridized carbons (Fsp3) is 0.294. The maximum Gasteiger partial charge on any atom is 0.261 e. The highest BCUT2D eigenvalue weighted by atomic mass is 35.5. The molecule has 0 aliphatic carbocycles. The summed E-state index contributed by atoms with van der Waals surface area (Å²) in [4.78, 5) is 0.0348. The molecule has 0 bridgehead atoms. The van der Waals surface area contributed by atoms with Gasteiger partial charge in [-0.05, 0) is 43.2 Å². The Labute approximate surface area is 156 Å². The summed E-state index contributed by atoms with van der Waals surface area (Å²) in [7, 11) is -3.77. The Bertz CT molecular complexity index is 851. The van der Waals surface area contributed by atoms with Crippen molar-refractivity contribution in [2.75, 3.05) is 17.9 Å². The minimum atomic E-state index is -3.77. The van der Waals surface area contributed by atoms with Crippen LogP contribution in [0.5, 0.6) is 5.75 Å². The largest absolute Gasteiger partial charge is 0.491 e. The molecule has 0 radical (unpaired) electrons. The summed E-state index contributed by atoms with van der Waals surface area (Å²) in [6, 6.07) is 10.9. The fourth-order valence-electron chi connectivity index (χ4n) is 2.47. The van der Waals surface area contributed by atoms with Crippen molar-refractivity contribution in [1.29, 1.82) is 0 Å². The number of halogens is 2. The lowest BCUT2D eigenvalue weighted by molar-refractivity contribution is 0.0680. The second-order valence-electron chi connectivity index (χ2n) is 5.66. The van der Waals surface area contributed by atoms with Crippen molar-refractivity contribution in [2.45, 2.75) is 23.8 Å². The average molecular weight is 402 g/mol. The summed E-state index contributed by atoms with van der Waals surface area (Å²) in [6.07, 6.45) is 2.11. The highest BCUT2D eigenvalue weighted by molar-refractivity contribution is 7.92. The first-order chi connectivity index (χ1) is 11.9. The van der Waals surface area contributed by atoms with Crippen LogP contribution in [0, 0.1) is 0 Å². The maximum atomic E-state index is 12.5.